The molecule has 1 aromatic rings. The lowest BCUT2D eigenvalue weighted by Crippen LogP contribution is -2.35. The van der Waals surface area contributed by atoms with E-state index in [1.807, 2.05) is 0 Å². The zero-order chi connectivity index (χ0) is 14.3. The first-order chi connectivity index (χ1) is 9.56. The molecule has 7 heteroatoms. The van der Waals surface area contributed by atoms with Gasteiger partial charge in [0.25, 0.3) is 11.6 Å². The minimum atomic E-state index is -0.585. The van der Waals surface area contributed by atoms with Crippen LogP contribution >= 0.6 is 11.6 Å². The maximum Gasteiger partial charge on any atom is 0.300 e. The van der Waals surface area contributed by atoms with Crippen LogP contribution in [0.4, 0.5) is 5.69 Å². The number of amides is 1. The summed E-state index contributed by atoms with van der Waals surface area (Å²) in [6, 6.07) is 1.53. The lowest BCUT2D eigenvalue weighted by molar-refractivity contribution is -0.385. The van der Waals surface area contributed by atoms with Crippen LogP contribution in [0, 0.1) is 16.0 Å². The monoisotopic (exact) mass is 295 g/mol. The highest BCUT2D eigenvalue weighted by Crippen LogP contribution is 2.36. The fourth-order valence-electron chi connectivity index (χ4n) is 2.26. The Morgan fingerprint density at radius 2 is 2.15 bits per heavy atom. The van der Waals surface area contributed by atoms with E-state index >= 15 is 0 Å². The van der Waals surface area contributed by atoms with Crippen molar-refractivity contribution in [1.82, 2.24) is 9.88 Å². The van der Waals surface area contributed by atoms with Crippen LogP contribution in [0.2, 0.25) is 5.15 Å². The third-order valence-electron chi connectivity index (χ3n) is 3.68. The van der Waals surface area contributed by atoms with Gasteiger partial charge in [0, 0.05) is 12.6 Å². The molecule has 0 saturated heterocycles. The van der Waals surface area contributed by atoms with Crippen LogP contribution in [0.15, 0.2) is 12.3 Å². The zero-order valence-corrected chi connectivity index (χ0v) is 11.5. The molecule has 3 rings (SSSR count). The van der Waals surface area contributed by atoms with Gasteiger partial charge in [0.2, 0.25) is 0 Å². The second-order valence-corrected chi connectivity index (χ2v) is 5.80. The Labute approximate surface area is 120 Å². The number of aromatic nitrogens is 1. The molecular weight excluding hydrogens is 282 g/mol. The minimum Gasteiger partial charge on any atom is -0.335 e. The van der Waals surface area contributed by atoms with Gasteiger partial charge in [-0.15, -0.1) is 0 Å². The van der Waals surface area contributed by atoms with Crippen molar-refractivity contribution in [2.75, 3.05) is 6.54 Å². The SMILES string of the molecule is O=C(c1cc(Cl)ncc1[N+](=O)[O-])N(CC1CC1)C1CC1. The summed E-state index contributed by atoms with van der Waals surface area (Å²) in [5.41, 5.74) is -0.233. The molecule has 0 aliphatic heterocycles. The Bertz CT molecular complexity index is 570. The molecule has 0 atom stereocenters. The normalized spacial score (nSPS) is 17.9. The van der Waals surface area contributed by atoms with E-state index in [-0.39, 0.29) is 28.4 Å². The number of carbonyl (C=O) groups is 1. The Hall–Kier alpha value is -1.69. The van der Waals surface area contributed by atoms with Crippen LogP contribution in [-0.2, 0) is 0 Å². The average molecular weight is 296 g/mol. The average Bonchev–Trinajstić information content (AvgIpc) is 3.26. The molecule has 2 fully saturated rings. The first-order valence-corrected chi connectivity index (χ1v) is 7.05. The quantitative estimate of drug-likeness (QED) is 0.475. The molecule has 0 N–H and O–H groups in total. The standard InChI is InChI=1S/C13H14ClN3O3/c14-12-5-10(11(6-15-12)17(19)20)13(18)16(9-3-4-9)7-8-1-2-8/h5-6,8-9H,1-4,7H2. The molecule has 0 radical (unpaired) electrons. The molecule has 6 nitrogen and oxygen atoms in total. The molecule has 20 heavy (non-hydrogen) atoms. The third kappa shape index (κ3) is 2.75. The van der Waals surface area contributed by atoms with Crippen molar-refractivity contribution in [2.45, 2.75) is 31.7 Å². The van der Waals surface area contributed by atoms with E-state index in [1.165, 1.54) is 6.07 Å². The number of hydrogen-bond donors (Lipinski definition) is 0. The lowest BCUT2D eigenvalue weighted by Gasteiger charge is -2.22. The minimum absolute atomic E-state index is 0.0440. The van der Waals surface area contributed by atoms with Crippen LogP contribution in [0.25, 0.3) is 0 Å². The highest BCUT2D eigenvalue weighted by molar-refractivity contribution is 6.29. The van der Waals surface area contributed by atoms with Crippen molar-refractivity contribution in [3.8, 4) is 0 Å². The van der Waals surface area contributed by atoms with E-state index < -0.39 is 4.92 Å². The predicted molar refractivity (Wildman–Crippen MR) is 72.7 cm³/mol. The summed E-state index contributed by atoms with van der Waals surface area (Å²) in [5.74, 6) is 0.256. The number of hydrogen-bond acceptors (Lipinski definition) is 4. The van der Waals surface area contributed by atoms with Crippen molar-refractivity contribution >= 4 is 23.2 Å². The zero-order valence-electron chi connectivity index (χ0n) is 10.8. The van der Waals surface area contributed by atoms with Crippen LogP contribution < -0.4 is 0 Å². The number of nitro groups is 1. The molecule has 0 unspecified atom stereocenters. The van der Waals surface area contributed by atoms with Gasteiger partial charge in [-0.1, -0.05) is 11.6 Å². The molecule has 106 valence electrons. The van der Waals surface area contributed by atoms with Crippen LogP contribution in [-0.4, -0.2) is 33.3 Å². The van der Waals surface area contributed by atoms with E-state index in [4.69, 9.17) is 11.6 Å². The number of nitrogens with zero attached hydrogens (tertiary/aromatic N) is 3. The molecule has 1 aromatic heterocycles. The first kappa shape index (κ1) is 13.3. The first-order valence-electron chi connectivity index (χ1n) is 6.67. The van der Waals surface area contributed by atoms with Gasteiger partial charge >= 0.3 is 0 Å². The molecule has 2 aliphatic carbocycles. The van der Waals surface area contributed by atoms with E-state index in [0.717, 1.165) is 31.9 Å². The summed E-state index contributed by atoms with van der Waals surface area (Å²) in [5, 5.41) is 11.1. The van der Waals surface area contributed by atoms with Crippen molar-refractivity contribution in [3.05, 3.63) is 33.1 Å². The van der Waals surface area contributed by atoms with Crippen LogP contribution in [0.1, 0.15) is 36.0 Å². The van der Waals surface area contributed by atoms with E-state index in [2.05, 4.69) is 4.98 Å². The highest BCUT2D eigenvalue weighted by atomic mass is 35.5. The van der Waals surface area contributed by atoms with Crippen molar-refractivity contribution in [3.63, 3.8) is 0 Å². The second kappa shape index (κ2) is 5.01. The summed E-state index contributed by atoms with van der Waals surface area (Å²) >= 11 is 5.78. The fraction of sp³-hybridized carbons (Fsp3) is 0.538. The Kier molecular flexibility index (Phi) is 3.33. The van der Waals surface area contributed by atoms with Gasteiger partial charge in [-0.05, 0) is 37.7 Å². The summed E-state index contributed by atoms with van der Waals surface area (Å²) in [7, 11) is 0. The fourth-order valence-corrected chi connectivity index (χ4v) is 2.41. The molecular formula is C13H14ClN3O3. The summed E-state index contributed by atoms with van der Waals surface area (Å²) in [6.07, 6.45) is 5.28. The molecule has 1 heterocycles. The van der Waals surface area contributed by atoms with Crippen molar-refractivity contribution in [1.29, 1.82) is 0 Å². The molecule has 2 aliphatic rings. The largest absolute Gasteiger partial charge is 0.335 e. The molecule has 2 saturated carbocycles. The van der Waals surface area contributed by atoms with E-state index in [1.54, 1.807) is 4.90 Å². The predicted octanol–water partition coefficient (Wildman–Crippen LogP) is 2.66. The Balaban J connectivity index is 1.90. The maximum absolute atomic E-state index is 12.6. The van der Waals surface area contributed by atoms with Crippen molar-refractivity contribution < 1.29 is 9.72 Å². The second-order valence-electron chi connectivity index (χ2n) is 5.41. The molecule has 0 aromatic carbocycles. The summed E-state index contributed by atoms with van der Waals surface area (Å²) in [6.45, 7) is 0.695. The lowest BCUT2D eigenvalue weighted by atomic mass is 10.2. The molecule has 0 spiro atoms. The van der Waals surface area contributed by atoms with Crippen LogP contribution in [0.5, 0.6) is 0 Å². The number of pyridine rings is 1. The third-order valence-corrected chi connectivity index (χ3v) is 3.88. The summed E-state index contributed by atoms with van der Waals surface area (Å²) < 4.78 is 0. The van der Waals surface area contributed by atoms with E-state index in [9.17, 15) is 14.9 Å². The van der Waals surface area contributed by atoms with Gasteiger partial charge in [-0.3, -0.25) is 14.9 Å². The van der Waals surface area contributed by atoms with Gasteiger partial charge in [-0.25, -0.2) is 4.98 Å². The topological polar surface area (TPSA) is 76.3 Å². The number of halogens is 1. The van der Waals surface area contributed by atoms with Gasteiger partial charge in [0.05, 0.1) is 4.92 Å². The Morgan fingerprint density at radius 3 is 2.70 bits per heavy atom. The molecule has 0 bridgehead atoms. The van der Waals surface area contributed by atoms with Crippen LogP contribution in [0.3, 0.4) is 0 Å². The van der Waals surface area contributed by atoms with Gasteiger partial charge < -0.3 is 4.90 Å². The van der Waals surface area contributed by atoms with Gasteiger partial charge in [0.15, 0.2) is 0 Å². The van der Waals surface area contributed by atoms with E-state index in [0.29, 0.717) is 12.5 Å². The Morgan fingerprint density at radius 1 is 1.45 bits per heavy atom. The summed E-state index contributed by atoms with van der Waals surface area (Å²) in [4.78, 5) is 28.5. The maximum atomic E-state index is 12.6. The number of carbonyl (C=O) groups excluding carboxylic acids is 1. The van der Waals surface area contributed by atoms with Crippen molar-refractivity contribution in [2.24, 2.45) is 5.92 Å². The van der Waals surface area contributed by atoms with Gasteiger partial charge in [-0.2, -0.15) is 0 Å². The molecule has 1 amide bonds. The number of rotatable bonds is 5. The highest BCUT2D eigenvalue weighted by Gasteiger charge is 2.38. The van der Waals surface area contributed by atoms with Gasteiger partial charge in [0.1, 0.15) is 16.9 Å². The smallest absolute Gasteiger partial charge is 0.300 e.